The highest BCUT2D eigenvalue weighted by Gasteiger charge is 2.19. The number of hydrogen-bond donors (Lipinski definition) is 0. The molecule has 0 N–H and O–H groups in total. The fourth-order valence-electron chi connectivity index (χ4n) is 2.94. The van der Waals surface area contributed by atoms with Crippen molar-refractivity contribution in [3.05, 3.63) is 27.1 Å². The van der Waals surface area contributed by atoms with Crippen molar-refractivity contribution in [2.75, 3.05) is 19.7 Å². The third kappa shape index (κ3) is 3.73. The third-order valence-electron chi connectivity index (χ3n) is 4.52. The maximum absolute atomic E-state index is 12.5. The van der Waals surface area contributed by atoms with Gasteiger partial charge in [-0.3, -0.25) is 19.0 Å². The number of hydrogen-bond acceptors (Lipinski definition) is 6. The summed E-state index contributed by atoms with van der Waals surface area (Å²) >= 11 is 1.46. The topological polar surface area (TPSA) is 81.5 Å². The molecule has 1 amide bonds. The molecule has 134 valence electrons. The van der Waals surface area contributed by atoms with Gasteiger partial charge >= 0.3 is 5.97 Å². The molecule has 3 heterocycles. The minimum atomic E-state index is -0.613. The van der Waals surface area contributed by atoms with Crippen molar-refractivity contribution in [3.63, 3.8) is 0 Å². The normalized spacial score (nSPS) is 14.7. The lowest BCUT2D eigenvalue weighted by Crippen LogP contribution is -2.38. The zero-order valence-electron chi connectivity index (χ0n) is 14.4. The molecule has 0 atom stereocenters. The van der Waals surface area contributed by atoms with Gasteiger partial charge in [-0.15, -0.1) is 11.3 Å². The molecule has 0 saturated carbocycles. The molecule has 1 saturated heterocycles. The number of carbonyl (C=O) groups is 2. The summed E-state index contributed by atoms with van der Waals surface area (Å²) in [7, 11) is 0. The number of fused-ring (bicyclic) bond motifs is 1. The summed E-state index contributed by atoms with van der Waals surface area (Å²) in [5.41, 5.74) is 0.631. The molecule has 1 aliphatic heterocycles. The average Bonchev–Trinajstić information content (AvgIpc) is 2.91. The van der Waals surface area contributed by atoms with Crippen LogP contribution in [-0.4, -0.2) is 46.0 Å². The van der Waals surface area contributed by atoms with Crippen LogP contribution in [0.5, 0.6) is 0 Å². The van der Waals surface area contributed by atoms with E-state index in [-0.39, 0.29) is 24.6 Å². The fraction of sp³-hybridized carbons (Fsp3) is 0.529. The monoisotopic (exact) mass is 363 g/mol. The van der Waals surface area contributed by atoms with E-state index in [1.807, 2.05) is 13.8 Å². The molecule has 3 rings (SSSR count). The molecule has 2 aromatic rings. The van der Waals surface area contributed by atoms with Gasteiger partial charge < -0.3 is 9.64 Å². The Labute approximate surface area is 149 Å². The molecule has 1 aliphatic rings. The molecule has 2 aromatic heterocycles. The van der Waals surface area contributed by atoms with Crippen molar-refractivity contribution >= 4 is 33.4 Å². The number of nitrogens with zero attached hydrogens (tertiary/aromatic N) is 3. The van der Waals surface area contributed by atoms with Crippen molar-refractivity contribution in [2.45, 2.75) is 39.7 Å². The first-order valence-electron chi connectivity index (χ1n) is 8.36. The molecular weight excluding hydrogens is 342 g/mol. The molecule has 0 radical (unpaired) electrons. The largest absolute Gasteiger partial charge is 0.454 e. The van der Waals surface area contributed by atoms with Gasteiger partial charge in [0, 0.05) is 18.0 Å². The van der Waals surface area contributed by atoms with Gasteiger partial charge in [-0.2, -0.15) is 0 Å². The molecule has 0 aromatic carbocycles. The summed E-state index contributed by atoms with van der Waals surface area (Å²) in [4.78, 5) is 44.2. The van der Waals surface area contributed by atoms with Gasteiger partial charge in [-0.1, -0.05) is 0 Å². The molecule has 0 aliphatic carbocycles. The predicted octanol–water partition coefficient (Wildman–Crippen LogP) is 1.63. The van der Waals surface area contributed by atoms with E-state index in [4.69, 9.17) is 4.74 Å². The minimum Gasteiger partial charge on any atom is -0.454 e. The summed E-state index contributed by atoms with van der Waals surface area (Å²) in [6.45, 7) is 4.72. The second kappa shape index (κ2) is 7.35. The predicted molar refractivity (Wildman–Crippen MR) is 94.7 cm³/mol. The van der Waals surface area contributed by atoms with E-state index in [0.29, 0.717) is 23.3 Å². The van der Waals surface area contributed by atoms with Crippen LogP contribution >= 0.6 is 11.3 Å². The van der Waals surface area contributed by atoms with Crippen LogP contribution in [0.2, 0.25) is 0 Å². The van der Waals surface area contributed by atoms with E-state index in [9.17, 15) is 14.4 Å². The number of aromatic nitrogens is 2. The van der Waals surface area contributed by atoms with Crippen molar-refractivity contribution in [1.29, 1.82) is 0 Å². The highest BCUT2D eigenvalue weighted by Crippen LogP contribution is 2.25. The molecule has 1 fully saturated rings. The molecule has 25 heavy (non-hydrogen) atoms. The maximum Gasteiger partial charge on any atom is 0.326 e. The number of likely N-dealkylation sites (tertiary alicyclic amines) is 1. The number of rotatable bonds is 4. The maximum atomic E-state index is 12.5. The van der Waals surface area contributed by atoms with Crippen molar-refractivity contribution in [2.24, 2.45) is 0 Å². The third-order valence-corrected chi connectivity index (χ3v) is 5.64. The van der Waals surface area contributed by atoms with Crippen molar-refractivity contribution < 1.29 is 14.3 Å². The first-order chi connectivity index (χ1) is 12.0. The Bertz CT molecular complexity index is 865. The Morgan fingerprint density at radius 1 is 1.24 bits per heavy atom. The van der Waals surface area contributed by atoms with E-state index in [0.717, 1.165) is 29.7 Å². The quantitative estimate of drug-likeness (QED) is 0.771. The number of aryl methyl sites for hydroxylation is 2. The van der Waals surface area contributed by atoms with Gasteiger partial charge in [-0.05, 0) is 38.7 Å². The molecule has 0 spiro atoms. The molecule has 0 bridgehead atoms. The molecule has 7 nitrogen and oxygen atoms in total. The second-order valence-corrected chi connectivity index (χ2v) is 7.45. The Morgan fingerprint density at radius 3 is 2.68 bits per heavy atom. The molecular formula is C17H21N3O4S. The lowest BCUT2D eigenvalue weighted by molar-refractivity contribution is -0.152. The zero-order valence-corrected chi connectivity index (χ0v) is 15.2. The van der Waals surface area contributed by atoms with Crippen molar-refractivity contribution in [1.82, 2.24) is 14.5 Å². The Hall–Kier alpha value is -2.22. The second-order valence-electron chi connectivity index (χ2n) is 6.24. The summed E-state index contributed by atoms with van der Waals surface area (Å²) in [5, 5.41) is 0.544. The van der Waals surface area contributed by atoms with Crippen LogP contribution in [-0.2, 0) is 20.9 Å². The van der Waals surface area contributed by atoms with Crippen LogP contribution in [0.25, 0.3) is 10.2 Å². The SMILES string of the molecule is Cc1sc2ncn(CC(=O)OCC(=O)N3CCCCC3)c(=O)c2c1C. The number of esters is 1. The number of amides is 1. The van der Waals surface area contributed by atoms with E-state index in [1.165, 1.54) is 22.2 Å². The number of piperidine rings is 1. The van der Waals surface area contributed by atoms with E-state index >= 15 is 0 Å². The number of thiophene rings is 1. The first kappa shape index (κ1) is 17.6. The zero-order chi connectivity index (χ0) is 18.0. The van der Waals surface area contributed by atoms with Crippen LogP contribution in [0.4, 0.5) is 0 Å². The smallest absolute Gasteiger partial charge is 0.326 e. The van der Waals surface area contributed by atoms with Gasteiger partial charge in [0.15, 0.2) is 6.61 Å². The lowest BCUT2D eigenvalue weighted by atomic mass is 10.1. The number of ether oxygens (including phenoxy) is 1. The highest BCUT2D eigenvalue weighted by atomic mass is 32.1. The van der Waals surface area contributed by atoms with Gasteiger partial charge in [-0.25, -0.2) is 4.98 Å². The van der Waals surface area contributed by atoms with Crippen LogP contribution in [0, 0.1) is 13.8 Å². The summed E-state index contributed by atoms with van der Waals surface area (Å²) in [6.07, 6.45) is 4.46. The number of carbonyl (C=O) groups excluding carboxylic acids is 2. The van der Waals surface area contributed by atoms with E-state index < -0.39 is 5.97 Å². The Balaban J connectivity index is 1.64. The molecule has 0 unspecified atom stereocenters. The van der Waals surface area contributed by atoms with Gasteiger partial charge in [0.25, 0.3) is 11.5 Å². The lowest BCUT2D eigenvalue weighted by Gasteiger charge is -2.26. The van der Waals surface area contributed by atoms with Crippen LogP contribution in [0.3, 0.4) is 0 Å². The first-order valence-corrected chi connectivity index (χ1v) is 9.17. The Kier molecular flexibility index (Phi) is 5.17. The van der Waals surface area contributed by atoms with E-state index in [2.05, 4.69) is 4.98 Å². The van der Waals surface area contributed by atoms with Crippen LogP contribution in [0.1, 0.15) is 29.7 Å². The van der Waals surface area contributed by atoms with Crippen LogP contribution < -0.4 is 5.56 Å². The fourth-order valence-corrected chi connectivity index (χ4v) is 3.93. The average molecular weight is 363 g/mol. The standard InChI is InChI=1S/C17H21N3O4S/c1-11-12(2)25-16-15(11)17(23)20(10-18-16)8-14(22)24-9-13(21)19-6-4-3-5-7-19/h10H,3-9H2,1-2H3. The van der Waals surface area contributed by atoms with Gasteiger partial charge in [0.05, 0.1) is 11.7 Å². The summed E-state index contributed by atoms with van der Waals surface area (Å²) in [5.74, 6) is -0.795. The summed E-state index contributed by atoms with van der Waals surface area (Å²) in [6, 6.07) is 0. The van der Waals surface area contributed by atoms with E-state index in [1.54, 1.807) is 4.90 Å². The van der Waals surface area contributed by atoms with Crippen molar-refractivity contribution in [3.8, 4) is 0 Å². The van der Waals surface area contributed by atoms with Gasteiger partial charge in [0.1, 0.15) is 11.4 Å². The highest BCUT2D eigenvalue weighted by molar-refractivity contribution is 7.18. The Morgan fingerprint density at radius 2 is 1.96 bits per heavy atom. The molecule has 8 heteroatoms. The summed E-state index contributed by atoms with van der Waals surface area (Å²) < 4.78 is 6.28. The van der Waals surface area contributed by atoms with Gasteiger partial charge in [0.2, 0.25) is 0 Å². The minimum absolute atomic E-state index is 0.182. The van der Waals surface area contributed by atoms with Crippen LogP contribution in [0.15, 0.2) is 11.1 Å².